The van der Waals surface area contributed by atoms with Crippen LogP contribution in [0.2, 0.25) is 0 Å². The van der Waals surface area contributed by atoms with Gasteiger partial charge in [-0.2, -0.15) is 36.5 Å². The van der Waals surface area contributed by atoms with Gasteiger partial charge in [-0.05, 0) is 31.5 Å². The summed E-state index contributed by atoms with van der Waals surface area (Å²) in [5.41, 5.74) is 3.41. The van der Waals surface area contributed by atoms with Gasteiger partial charge in [0.25, 0.3) is 5.91 Å². The summed E-state index contributed by atoms with van der Waals surface area (Å²) in [6, 6.07) is 1.51. The topological polar surface area (TPSA) is 121 Å². The number of rotatable bonds is 5. The molecule has 0 fully saturated rings. The third kappa shape index (κ3) is 4.87. The second kappa shape index (κ2) is 8.86. The molecule has 37 heavy (non-hydrogen) atoms. The molecule has 9 nitrogen and oxygen atoms in total. The summed E-state index contributed by atoms with van der Waals surface area (Å²) < 4.78 is 82.7. The molecule has 0 unspecified atom stereocenters. The number of hydrogen-bond donors (Lipinski definition) is 2. The van der Waals surface area contributed by atoms with Gasteiger partial charge in [-0.25, -0.2) is 4.98 Å². The van der Waals surface area contributed by atoms with Gasteiger partial charge < -0.3 is 11.1 Å². The fourth-order valence-electron chi connectivity index (χ4n) is 3.72. The maximum Gasteiger partial charge on any atom is 0.433 e. The summed E-state index contributed by atoms with van der Waals surface area (Å²) >= 11 is 0.514. The fraction of sp³-hybridized carbons (Fsp3) is 0.286. The lowest BCUT2D eigenvalue weighted by atomic mass is 10.0. The lowest BCUT2D eigenvalue weighted by Crippen LogP contribution is -2.24. The number of nitrogens with zero attached hydrogens (tertiary/aromatic N) is 5. The Balaban J connectivity index is 1.89. The Labute approximate surface area is 207 Å². The molecule has 0 saturated heterocycles. The van der Waals surface area contributed by atoms with E-state index < -0.39 is 42.1 Å². The minimum absolute atomic E-state index is 0.0113. The van der Waals surface area contributed by atoms with Crippen LogP contribution in [0.15, 0.2) is 18.3 Å². The molecule has 0 atom stereocenters. The highest BCUT2D eigenvalue weighted by molar-refractivity contribution is 7.21. The van der Waals surface area contributed by atoms with E-state index in [0.29, 0.717) is 21.7 Å². The summed E-state index contributed by atoms with van der Waals surface area (Å²) in [6.45, 7) is 2.02. The molecule has 16 heteroatoms. The molecule has 4 heterocycles. The van der Waals surface area contributed by atoms with Crippen molar-refractivity contribution in [2.45, 2.75) is 32.7 Å². The second-order valence-corrected chi connectivity index (χ2v) is 9.04. The minimum Gasteiger partial charge on any atom is -0.365 e. The average Bonchev–Trinajstić information content (AvgIpc) is 3.42. The van der Waals surface area contributed by atoms with E-state index in [1.807, 2.05) is 0 Å². The number of amides is 2. The number of halogens is 6. The first-order valence-electron chi connectivity index (χ1n) is 10.3. The summed E-state index contributed by atoms with van der Waals surface area (Å²) in [5.74, 6) is -2.10. The van der Waals surface area contributed by atoms with Crippen molar-refractivity contribution in [3.63, 3.8) is 0 Å². The molecule has 0 aliphatic carbocycles. The van der Waals surface area contributed by atoms with Gasteiger partial charge in [0.15, 0.2) is 0 Å². The van der Waals surface area contributed by atoms with Crippen LogP contribution in [0.3, 0.4) is 0 Å². The molecule has 0 aliphatic rings. The molecule has 0 aliphatic heterocycles. The van der Waals surface area contributed by atoms with Crippen LogP contribution in [-0.2, 0) is 30.7 Å². The molecule has 0 saturated carbocycles. The van der Waals surface area contributed by atoms with Gasteiger partial charge in [0, 0.05) is 23.7 Å². The van der Waals surface area contributed by atoms with E-state index in [2.05, 4.69) is 20.5 Å². The Kier molecular flexibility index (Phi) is 6.26. The maximum absolute atomic E-state index is 13.6. The zero-order valence-corrected chi connectivity index (χ0v) is 20.1. The molecule has 196 valence electrons. The monoisotopic (exact) mass is 545 g/mol. The number of anilines is 1. The summed E-state index contributed by atoms with van der Waals surface area (Å²) in [7, 11) is 1.57. The number of nitrogens with two attached hydrogens (primary N) is 1. The summed E-state index contributed by atoms with van der Waals surface area (Å²) in [5, 5.41) is 10.0. The van der Waals surface area contributed by atoms with Gasteiger partial charge in [-0.3, -0.25) is 19.0 Å². The zero-order chi connectivity index (χ0) is 27.4. The van der Waals surface area contributed by atoms with E-state index in [0.717, 1.165) is 12.1 Å². The van der Waals surface area contributed by atoms with Crippen molar-refractivity contribution in [2.75, 3.05) is 5.32 Å². The number of thiophene rings is 1. The van der Waals surface area contributed by atoms with Crippen molar-refractivity contribution < 1.29 is 35.9 Å². The Morgan fingerprint density at radius 1 is 1.08 bits per heavy atom. The Bertz CT molecular complexity index is 1550. The van der Waals surface area contributed by atoms with Crippen molar-refractivity contribution in [1.82, 2.24) is 24.5 Å². The number of nitrogens with one attached hydrogen (secondary N) is 1. The smallest absolute Gasteiger partial charge is 0.365 e. The van der Waals surface area contributed by atoms with Crippen molar-refractivity contribution in [3.05, 3.63) is 46.0 Å². The standard InChI is InChI=1S/C21H17F6N7O2S/c1-8-4-13(21(25,26)27)34(32-8)7-14(35)31-16-15-10(11-6-29-33(3)9(11)2)5-12(20(22,23)24)30-19(15)37-17(16)18(28)36/h4-6H,7H2,1-3H3,(H2,28,36)(H,31,35). The molecule has 3 N–H and O–H groups in total. The second-order valence-electron chi connectivity index (χ2n) is 8.05. The van der Waals surface area contributed by atoms with E-state index in [4.69, 9.17) is 5.73 Å². The number of fused-ring (bicyclic) bond motifs is 1. The van der Waals surface area contributed by atoms with Crippen molar-refractivity contribution in [2.24, 2.45) is 12.8 Å². The van der Waals surface area contributed by atoms with E-state index in [1.165, 1.54) is 17.8 Å². The average molecular weight is 545 g/mol. The van der Waals surface area contributed by atoms with E-state index in [1.54, 1.807) is 14.0 Å². The third-order valence-corrected chi connectivity index (χ3v) is 6.55. The van der Waals surface area contributed by atoms with Gasteiger partial charge in [0.1, 0.15) is 27.6 Å². The molecule has 4 aromatic rings. The zero-order valence-electron chi connectivity index (χ0n) is 19.2. The van der Waals surface area contributed by atoms with Gasteiger partial charge in [0.05, 0.1) is 17.6 Å². The number of hydrogen-bond acceptors (Lipinski definition) is 6. The lowest BCUT2D eigenvalue weighted by Gasteiger charge is -2.13. The van der Waals surface area contributed by atoms with Crippen LogP contribution in [0.1, 0.15) is 32.4 Å². The SMILES string of the molecule is Cc1cc(C(F)(F)F)n(CC(=O)Nc2c(C(N)=O)sc3nc(C(F)(F)F)cc(-c4cnn(C)c4C)c23)n1. The number of pyridine rings is 1. The van der Waals surface area contributed by atoms with Crippen molar-refractivity contribution in [1.29, 1.82) is 0 Å². The number of carbonyl (C=O) groups excluding carboxylic acids is 2. The molecule has 4 rings (SSSR count). The maximum atomic E-state index is 13.6. The van der Waals surface area contributed by atoms with Crippen LogP contribution < -0.4 is 11.1 Å². The first kappa shape index (κ1) is 26.1. The summed E-state index contributed by atoms with van der Waals surface area (Å²) in [6.07, 6.45) is -8.33. The molecule has 2 amide bonds. The van der Waals surface area contributed by atoms with Crippen molar-refractivity contribution in [3.8, 4) is 11.1 Å². The van der Waals surface area contributed by atoms with Crippen molar-refractivity contribution >= 4 is 39.1 Å². The molecular formula is C21H17F6N7O2S. The van der Waals surface area contributed by atoms with E-state index in [9.17, 15) is 35.9 Å². The van der Waals surface area contributed by atoms with Gasteiger partial charge in [-0.15, -0.1) is 11.3 Å². The highest BCUT2D eigenvalue weighted by atomic mass is 32.1. The predicted molar refractivity (Wildman–Crippen MR) is 121 cm³/mol. The largest absolute Gasteiger partial charge is 0.433 e. The van der Waals surface area contributed by atoms with Crippen LogP contribution in [0.4, 0.5) is 32.0 Å². The molecule has 4 aromatic heterocycles. The van der Waals surface area contributed by atoms with Crippen LogP contribution in [0.5, 0.6) is 0 Å². The third-order valence-electron chi connectivity index (χ3n) is 5.45. The highest BCUT2D eigenvalue weighted by Crippen LogP contribution is 2.44. The lowest BCUT2D eigenvalue weighted by molar-refractivity contribution is -0.144. The predicted octanol–water partition coefficient (Wildman–Crippen LogP) is 4.29. The van der Waals surface area contributed by atoms with Crippen LogP contribution in [0.25, 0.3) is 21.3 Å². The number of carbonyl (C=O) groups is 2. The van der Waals surface area contributed by atoms with Gasteiger partial charge in [0.2, 0.25) is 5.91 Å². The van der Waals surface area contributed by atoms with E-state index >= 15 is 0 Å². The summed E-state index contributed by atoms with van der Waals surface area (Å²) in [4.78, 5) is 28.0. The number of aromatic nitrogens is 5. The van der Waals surface area contributed by atoms with Crippen LogP contribution >= 0.6 is 11.3 Å². The Hall–Kier alpha value is -3.95. The Morgan fingerprint density at radius 3 is 2.30 bits per heavy atom. The number of aryl methyl sites for hydroxylation is 2. The quantitative estimate of drug-likeness (QED) is 0.363. The highest BCUT2D eigenvalue weighted by Gasteiger charge is 2.37. The van der Waals surface area contributed by atoms with Gasteiger partial charge in [-0.1, -0.05) is 0 Å². The molecule has 0 bridgehead atoms. The van der Waals surface area contributed by atoms with Crippen LogP contribution in [0, 0.1) is 13.8 Å². The minimum atomic E-state index is -4.84. The first-order chi connectivity index (χ1) is 17.1. The Morgan fingerprint density at radius 2 is 1.76 bits per heavy atom. The normalized spacial score (nSPS) is 12.4. The molecule has 0 spiro atoms. The molecule has 0 radical (unpaired) electrons. The number of primary amides is 1. The molecule has 0 aromatic carbocycles. The molecular weight excluding hydrogens is 528 g/mol. The number of alkyl halides is 6. The van der Waals surface area contributed by atoms with Gasteiger partial charge >= 0.3 is 12.4 Å². The van der Waals surface area contributed by atoms with E-state index in [-0.39, 0.29) is 37.6 Å². The fourth-order valence-corrected chi connectivity index (χ4v) is 4.73. The first-order valence-corrected chi connectivity index (χ1v) is 11.1. The van der Waals surface area contributed by atoms with Crippen LogP contribution in [-0.4, -0.2) is 36.4 Å².